The minimum atomic E-state index is -5.02. The van der Waals surface area contributed by atoms with E-state index in [1.807, 2.05) is 31.2 Å². The highest BCUT2D eigenvalue weighted by atomic mass is 32.2. The lowest BCUT2D eigenvalue weighted by molar-refractivity contribution is -0.143. The average Bonchev–Trinajstić information content (AvgIpc) is 3.21. The van der Waals surface area contributed by atoms with Gasteiger partial charge < -0.3 is 10.1 Å². The molecule has 0 bridgehead atoms. The predicted octanol–water partition coefficient (Wildman–Crippen LogP) is 7.19. The molecule has 1 N–H and O–H groups in total. The van der Waals surface area contributed by atoms with Crippen LogP contribution >= 0.6 is 11.8 Å². The van der Waals surface area contributed by atoms with Gasteiger partial charge in [0, 0.05) is 11.4 Å². The first-order chi connectivity index (χ1) is 17.5. The van der Waals surface area contributed by atoms with Gasteiger partial charge in [0.15, 0.2) is 5.16 Å². The minimum Gasteiger partial charge on any atom is -0.494 e. The van der Waals surface area contributed by atoms with Crippen LogP contribution in [0, 0.1) is 0 Å². The van der Waals surface area contributed by atoms with Gasteiger partial charge in [-0.05, 0) is 61.5 Å². The molecule has 1 aromatic heterocycles. The van der Waals surface area contributed by atoms with Crippen molar-refractivity contribution in [2.24, 2.45) is 0 Å². The van der Waals surface area contributed by atoms with Crippen molar-refractivity contribution in [2.45, 2.75) is 24.4 Å². The predicted molar refractivity (Wildman–Crippen MR) is 128 cm³/mol. The van der Waals surface area contributed by atoms with E-state index in [1.54, 1.807) is 28.8 Å². The van der Waals surface area contributed by atoms with Gasteiger partial charge in [-0.2, -0.15) is 26.3 Å². The number of hydrogen-bond donors (Lipinski definition) is 1. The fourth-order valence-corrected chi connectivity index (χ4v) is 4.39. The Morgan fingerprint density at radius 1 is 0.946 bits per heavy atom. The lowest BCUT2D eigenvalue weighted by Gasteiger charge is -2.15. The van der Waals surface area contributed by atoms with E-state index in [2.05, 4.69) is 10.3 Å². The van der Waals surface area contributed by atoms with E-state index in [0.717, 1.165) is 23.0 Å². The van der Waals surface area contributed by atoms with Crippen LogP contribution < -0.4 is 10.1 Å². The quantitative estimate of drug-likeness (QED) is 0.200. The molecule has 0 atom stereocenters. The molecule has 4 rings (SSSR count). The monoisotopic (exact) mass is 539 g/mol. The number of aromatic nitrogens is 2. The number of alkyl halides is 6. The summed E-state index contributed by atoms with van der Waals surface area (Å²) in [5.74, 6) is -0.427. The number of carbonyl (C=O) groups excluding carboxylic acids is 1. The summed E-state index contributed by atoms with van der Waals surface area (Å²) in [5, 5.41) is 2.56. The number of halogens is 6. The van der Waals surface area contributed by atoms with E-state index in [9.17, 15) is 31.1 Å². The third-order valence-electron chi connectivity index (χ3n) is 5.14. The summed E-state index contributed by atoms with van der Waals surface area (Å²) in [4.78, 5) is 17.1. The van der Waals surface area contributed by atoms with Crippen LogP contribution in [-0.2, 0) is 17.1 Å². The maximum Gasteiger partial charge on any atom is 0.416 e. The van der Waals surface area contributed by atoms with Crippen molar-refractivity contribution in [2.75, 3.05) is 17.7 Å². The summed E-state index contributed by atoms with van der Waals surface area (Å²) in [6.07, 6.45) is -10.0. The highest BCUT2D eigenvalue weighted by Gasteiger charge is 2.37. The maximum absolute atomic E-state index is 13.1. The number of rotatable bonds is 7. The Bertz CT molecular complexity index is 1380. The summed E-state index contributed by atoms with van der Waals surface area (Å²) < 4.78 is 86.0. The number of thioether (sulfide) groups is 1. The molecular weight excluding hydrogens is 520 g/mol. The molecule has 1 heterocycles. The van der Waals surface area contributed by atoms with Crippen LogP contribution in [0.4, 0.5) is 32.0 Å². The SMILES string of the molecule is CCOc1ccc(-n2c(SCC(=O)Nc3cc(C(F)(F)F)cc(C(F)(F)F)c3)nc3ccccc32)cc1. The summed E-state index contributed by atoms with van der Waals surface area (Å²) in [5.41, 5.74) is -1.50. The number of amides is 1. The molecule has 12 heteroatoms. The Morgan fingerprint density at radius 3 is 2.16 bits per heavy atom. The van der Waals surface area contributed by atoms with Crippen molar-refractivity contribution >= 4 is 34.4 Å². The summed E-state index contributed by atoms with van der Waals surface area (Å²) in [6.45, 7) is 2.36. The molecule has 0 saturated heterocycles. The molecule has 0 saturated carbocycles. The van der Waals surface area contributed by atoms with E-state index >= 15 is 0 Å². The van der Waals surface area contributed by atoms with Crippen LogP contribution in [0.5, 0.6) is 5.75 Å². The van der Waals surface area contributed by atoms with Crippen molar-refractivity contribution in [1.82, 2.24) is 9.55 Å². The van der Waals surface area contributed by atoms with Gasteiger partial charge in [0.2, 0.25) is 5.91 Å². The molecule has 0 unspecified atom stereocenters. The fraction of sp³-hybridized carbons (Fsp3) is 0.200. The molecule has 194 valence electrons. The number of ether oxygens (including phenoxy) is 1. The molecule has 0 fully saturated rings. The van der Waals surface area contributed by atoms with Gasteiger partial charge in [-0.25, -0.2) is 4.98 Å². The van der Waals surface area contributed by atoms with Crippen LogP contribution in [0.15, 0.2) is 71.9 Å². The molecule has 0 aliphatic heterocycles. The normalized spacial score (nSPS) is 12.1. The Hall–Kier alpha value is -3.67. The number of imidazole rings is 1. The van der Waals surface area contributed by atoms with E-state index in [-0.39, 0.29) is 11.8 Å². The van der Waals surface area contributed by atoms with Crippen LogP contribution in [-0.4, -0.2) is 27.8 Å². The second-order valence-electron chi connectivity index (χ2n) is 7.78. The highest BCUT2D eigenvalue weighted by Crippen LogP contribution is 2.37. The number of carbonyl (C=O) groups is 1. The van der Waals surface area contributed by atoms with Crippen molar-refractivity contribution in [3.63, 3.8) is 0 Å². The molecule has 5 nitrogen and oxygen atoms in total. The van der Waals surface area contributed by atoms with E-state index in [4.69, 9.17) is 4.74 Å². The maximum atomic E-state index is 13.1. The van der Waals surface area contributed by atoms with E-state index in [0.29, 0.717) is 35.2 Å². The zero-order chi connectivity index (χ0) is 26.8. The number of hydrogen-bond acceptors (Lipinski definition) is 4. The van der Waals surface area contributed by atoms with Gasteiger partial charge in [-0.1, -0.05) is 23.9 Å². The molecule has 37 heavy (non-hydrogen) atoms. The standard InChI is InChI=1S/C25H19F6N3O2S/c1-2-36-19-9-7-18(8-10-19)34-21-6-4-3-5-20(21)33-23(34)37-14-22(35)32-17-12-15(24(26,27)28)11-16(13-17)25(29,30)31/h3-13H,2,14H2,1H3,(H,32,35). The smallest absolute Gasteiger partial charge is 0.416 e. The summed E-state index contributed by atoms with van der Waals surface area (Å²) in [6, 6.07) is 15.4. The third-order valence-corrected chi connectivity index (χ3v) is 6.08. The number of nitrogens with zero attached hydrogens (tertiary/aromatic N) is 2. The van der Waals surface area contributed by atoms with Crippen molar-refractivity contribution < 1.29 is 35.9 Å². The lowest BCUT2D eigenvalue weighted by atomic mass is 10.1. The Morgan fingerprint density at radius 2 is 1.57 bits per heavy atom. The molecule has 4 aromatic rings. The molecular formula is C25H19F6N3O2S. The molecule has 0 aliphatic rings. The topological polar surface area (TPSA) is 56.1 Å². The second-order valence-corrected chi connectivity index (χ2v) is 8.72. The van der Waals surface area contributed by atoms with Crippen molar-refractivity contribution in [1.29, 1.82) is 0 Å². The Kier molecular flexibility index (Phi) is 7.39. The van der Waals surface area contributed by atoms with Crippen molar-refractivity contribution in [3.05, 3.63) is 77.9 Å². The lowest BCUT2D eigenvalue weighted by Crippen LogP contribution is -2.17. The molecule has 3 aromatic carbocycles. The van der Waals surface area contributed by atoms with Crippen LogP contribution in [0.1, 0.15) is 18.1 Å². The van der Waals surface area contributed by atoms with Gasteiger partial charge in [0.25, 0.3) is 0 Å². The molecule has 0 spiro atoms. The number of anilines is 1. The summed E-state index contributed by atoms with van der Waals surface area (Å²) in [7, 11) is 0. The number of benzene rings is 3. The first-order valence-corrected chi connectivity index (χ1v) is 11.9. The minimum absolute atomic E-state index is 0.00356. The Balaban J connectivity index is 1.58. The molecule has 0 radical (unpaired) electrons. The van der Waals surface area contributed by atoms with Gasteiger partial charge >= 0.3 is 12.4 Å². The fourth-order valence-electron chi connectivity index (χ4n) is 3.56. The van der Waals surface area contributed by atoms with E-state index in [1.165, 1.54) is 0 Å². The first kappa shape index (κ1) is 26.4. The van der Waals surface area contributed by atoms with Gasteiger partial charge in [0.1, 0.15) is 5.75 Å². The number of fused-ring (bicyclic) bond motifs is 1. The average molecular weight is 540 g/mol. The van der Waals surface area contributed by atoms with Crippen LogP contribution in [0.3, 0.4) is 0 Å². The summed E-state index contributed by atoms with van der Waals surface area (Å²) >= 11 is 0.993. The molecule has 1 amide bonds. The number of para-hydroxylation sites is 2. The van der Waals surface area contributed by atoms with Gasteiger partial charge in [-0.3, -0.25) is 9.36 Å². The van der Waals surface area contributed by atoms with Crippen molar-refractivity contribution in [3.8, 4) is 11.4 Å². The second kappa shape index (κ2) is 10.4. The highest BCUT2D eigenvalue weighted by molar-refractivity contribution is 7.99. The van der Waals surface area contributed by atoms with Gasteiger partial charge in [0.05, 0.1) is 34.5 Å². The van der Waals surface area contributed by atoms with Crippen LogP contribution in [0.2, 0.25) is 0 Å². The first-order valence-electron chi connectivity index (χ1n) is 10.9. The zero-order valence-corrected chi connectivity index (χ0v) is 20.0. The third kappa shape index (κ3) is 6.19. The zero-order valence-electron chi connectivity index (χ0n) is 19.2. The molecule has 0 aliphatic carbocycles. The number of nitrogens with one attached hydrogen (secondary N) is 1. The Labute approximate surface area is 211 Å². The van der Waals surface area contributed by atoms with Crippen LogP contribution in [0.25, 0.3) is 16.7 Å². The largest absolute Gasteiger partial charge is 0.494 e. The van der Waals surface area contributed by atoms with Gasteiger partial charge in [-0.15, -0.1) is 0 Å². The van der Waals surface area contributed by atoms with E-state index < -0.39 is 35.1 Å².